The molecule has 1 unspecified atom stereocenters. The molecule has 148 valence electrons. The highest BCUT2D eigenvalue weighted by molar-refractivity contribution is 7.17. The Labute approximate surface area is 170 Å². The van der Waals surface area contributed by atoms with E-state index in [1.54, 1.807) is 6.92 Å². The fraction of sp³-hybridized carbons (Fsp3) is 0.368. The number of hydrazone groups is 1. The first-order chi connectivity index (χ1) is 13.5. The number of ether oxygens (including phenoxy) is 1. The Morgan fingerprint density at radius 1 is 1.36 bits per heavy atom. The number of hydrogen-bond donors (Lipinski definition) is 2. The van der Waals surface area contributed by atoms with Crippen LogP contribution < -0.4 is 10.7 Å². The van der Waals surface area contributed by atoms with Gasteiger partial charge in [-0.2, -0.15) is 5.10 Å². The summed E-state index contributed by atoms with van der Waals surface area (Å²) in [7, 11) is 0. The Morgan fingerprint density at radius 2 is 2.18 bits per heavy atom. The first-order valence-corrected chi connectivity index (χ1v) is 10.7. The van der Waals surface area contributed by atoms with Crippen molar-refractivity contribution in [2.75, 3.05) is 11.9 Å². The van der Waals surface area contributed by atoms with Gasteiger partial charge in [0, 0.05) is 9.75 Å². The largest absolute Gasteiger partial charge is 0.462 e. The standard InChI is InChI=1S/C19H21N3O4S2/c1-3-26-19(25)15-13-7-6-11(2)9-14(13)28-18(15)21-16(23)17(24)22-20-10-12-5-4-8-27-12/h4-5,8,10-11H,3,6-7,9H2,1-2H3,(H,21,23)(H,22,24). The molecule has 7 nitrogen and oxygen atoms in total. The van der Waals surface area contributed by atoms with Gasteiger partial charge in [0.05, 0.1) is 18.4 Å². The van der Waals surface area contributed by atoms with Crippen molar-refractivity contribution in [3.8, 4) is 0 Å². The zero-order valence-corrected chi connectivity index (χ0v) is 17.2. The Hall–Kier alpha value is -2.52. The zero-order valence-electron chi connectivity index (χ0n) is 15.6. The molecule has 0 saturated carbocycles. The fourth-order valence-electron chi connectivity index (χ4n) is 2.99. The number of esters is 1. The van der Waals surface area contributed by atoms with Crippen molar-refractivity contribution < 1.29 is 19.1 Å². The molecule has 1 aliphatic rings. The van der Waals surface area contributed by atoms with Crippen LogP contribution in [0.4, 0.5) is 5.00 Å². The minimum absolute atomic E-state index is 0.241. The summed E-state index contributed by atoms with van der Waals surface area (Å²) < 4.78 is 5.16. The first-order valence-electron chi connectivity index (χ1n) is 8.99. The monoisotopic (exact) mass is 419 g/mol. The summed E-state index contributed by atoms with van der Waals surface area (Å²) in [6.45, 7) is 4.13. The molecule has 2 amide bonds. The van der Waals surface area contributed by atoms with Crippen LogP contribution in [0, 0.1) is 5.92 Å². The number of amides is 2. The maximum atomic E-state index is 12.4. The maximum absolute atomic E-state index is 12.4. The molecule has 0 aromatic carbocycles. The van der Waals surface area contributed by atoms with E-state index in [1.165, 1.54) is 28.9 Å². The second kappa shape index (κ2) is 9.11. The molecule has 2 N–H and O–H groups in total. The number of carbonyl (C=O) groups excluding carboxylic acids is 3. The quantitative estimate of drug-likeness (QED) is 0.337. The summed E-state index contributed by atoms with van der Waals surface area (Å²) >= 11 is 2.80. The number of rotatable bonds is 5. The Bertz CT molecular complexity index is 903. The lowest BCUT2D eigenvalue weighted by Gasteiger charge is -2.18. The van der Waals surface area contributed by atoms with Crippen molar-refractivity contribution in [1.29, 1.82) is 0 Å². The van der Waals surface area contributed by atoms with Crippen LogP contribution in [0.25, 0.3) is 0 Å². The number of anilines is 1. The van der Waals surface area contributed by atoms with Gasteiger partial charge in [-0.05, 0) is 49.1 Å². The van der Waals surface area contributed by atoms with Gasteiger partial charge in [-0.15, -0.1) is 22.7 Å². The molecule has 0 bridgehead atoms. The highest BCUT2D eigenvalue weighted by Crippen LogP contribution is 2.40. The van der Waals surface area contributed by atoms with Crippen LogP contribution in [0.3, 0.4) is 0 Å². The van der Waals surface area contributed by atoms with Gasteiger partial charge in [-0.1, -0.05) is 13.0 Å². The lowest BCUT2D eigenvalue weighted by Crippen LogP contribution is -2.32. The molecule has 2 aromatic heterocycles. The summed E-state index contributed by atoms with van der Waals surface area (Å²) in [6.07, 6.45) is 4.04. The summed E-state index contributed by atoms with van der Waals surface area (Å²) in [4.78, 5) is 38.7. The van der Waals surface area contributed by atoms with Crippen LogP contribution >= 0.6 is 22.7 Å². The molecular formula is C19H21N3O4S2. The van der Waals surface area contributed by atoms with Crippen molar-refractivity contribution >= 4 is 51.7 Å². The van der Waals surface area contributed by atoms with Crippen LogP contribution in [0.1, 0.15) is 45.9 Å². The molecule has 9 heteroatoms. The molecule has 0 fully saturated rings. The van der Waals surface area contributed by atoms with Gasteiger partial charge in [-0.25, -0.2) is 10.2 Å². The van der Waals surface area contributed by atoms with E-state index in [4.69, 9.17) is 4.74 Å². The molecule has 3 rings (SSSR count). The van der Waals surface area contributed by atoms with E-state index in [9.17, 15) is 14.4 Å². The van der Waals surface area contributed by atoms with E-state index in [1.807, 2.05) is 17.5 Å². The van der Waals surface area contributed by atoms with Crippen LogP contribution in [0.5, 0.6) is 0 Å². The number of nitrogens with one attached hydrogen (secondary N) is 2. The third-order valence-corrected chi connectivity index (χ3v) is 6.30. The fourth-order valence-corrected chi connectivity index (χ4v) is 4.97. The molecule has 1 aliphatic carbocycles. The maximum Gasteiger partial charge on any atom is 0.341 e. The predicted molar refractivity (Wildman–Crippen MR) is 110 cm³/mol. The number of fused-ring (bicyclic) bond motifs is 1. The molecule has 0 spiro atoms. The second-order valence-corrected chi connectivity index (χ2v) is 8.53. The highest BCUT2D eigenvalue weighted by Gasteiger charge is 2.30. The van der Waals surface area contributed by atoms with Crippen molar-refractivity contribution in [3.63, 3.8) is 0 Å². The van der Waals surface area contributed by atoms with E-state index in [-0.39, 0.29) is 6.61 Å². The summed E-state index contributed by atoms with van der Waals surface area (Å²) in [5.74, 6) is -1.73. The van der Waals surface area contributed by atoms with Gasteiger partial charge in [0.25, 0.3) is 0 Å². The molecule has 0 aliphatic heterocycles. The van der Waals surface area contributed by atoms with Crippen LogP contribution in [0.2, 0.25) is 0 Å². The van der Waals surface area contributed by atoms with Gasteiger partial charge in [-0.3, -0.25) is 9.59 Å². The predicted octanol–water partition coefficient (Wildman–Crippen LogP) is 3.20. The van der Waals surface area contributed by atoms with Gasteiger partial charge in [0.2, 0.25) is 0 Å². The number of carbonyl (C=O) groups is 3. The Morgan fingerprint density at radius 3 is 2.89 bits per heavy atom. The molecule has 1 atom stereocenters. The Balaban J connectivity index is 1.74. The van der Waals surface area contributed by atoms with Gasteiger partial charge < -0.3 is 10.1 Å². The van der Waals surface area contributed by atoms with Crippen LogP contribution in [-0.2, 0) is 27.2 Å². The van der Waals surface area contributed by atoms with E-state index >= 15 is 0 Å². The lowest BCUT2D eigenvalue weighted by molar-refractivity contribution is -0.136. The van der Waals surface area contributed by atoms with E-state index in [0.717, 1.165) is 34.6 Å². The molecule has 0 radical (unpaired) electrons. The first kappa shape index (κ1) is 20.2. The third kappa shape index (κ3) is 4.66. The van der Waals surface area contributed by atoms with Gasteiger partial charge in [0.1, 0.15) is 5.00 Å². The second-order valence-electron chi connectivity index (χ2n) is 6.45. The average molecular weight is 420 g/mol. The molecule has 0 saturated heterocycles. The topological polar surface area (TPSA) is 96.9 Å². The average Bonchev–Trinajstić information content (AvgIpc) is 3.28. The van der Waals surface area contributed by atoms with Crippen LogP contribution in [-0.4, -0.2) is 30.6 Å². The summed E-state index contributed by atoms with van der Waals surface area (Å²) in [5, 5.41) is 8.58. The number of thiophene rings is 2. The zero-order chi connectivity index (χ0) is 20.1. The minimum atomic E-state index is -0.901. The Kier molecular flexibility index (Phi) is 6.58. The molecular weight excluding hydrogens is 398 g/mol. The molecule has 2 aromatic rings. The van der Waals surface area contributed by atoms with Gasteiger partial charge >= 0.3 is 17.8 Å². The van der Waals surface area contributed by atoms with Crippen molar-refractivity contribution in [2.45, 2.75) is 33.1 Å². The number of nitrogens with zero attached hydrogens (tertiary/aromatic N) is 1. The summed E-state index contributed by atoms with van der Waals surface area (Å²) in [5.41, 5.74) is 3.49. The molecule has 28 heavy (non-hydrogen) atoms. The van der Waals surface area contributed by atoms with E-state index in [2.05, 4.69) is 22.8 Å². The smallest absolute Gasteiger partial charge is 0.341 e. The van der Waals surface area contributed by atoms with Crippen molar-refractivity contribution in [2.24, 2.45) is 11.0 Å². The molecule has 2 heterocycles. The normalized spacial score (nSPS) is 15.9. The number of hydrogen-bond acceptors (Lipinski definition) is 7. The third-order valence-electron chi connectivity index (χ3n) is 4.33. The van der Waals surface area contributed by atoms with E-state index < -0.39 is 17.8 Å². The highest BCUT2D eigenvalue weighted by atomic mass is 32.1. The lowest BCUT2D eigenvalue weighted by atomic mass is 9.88. The SMILES string of the molecule is CCOC(=O)c1c(NC(=O)C(=O)NN=Cc2cccs2)sc2c1CCC(C)C2. The van der Waals surface area contributed by atoms with Crippen LogP contribution in [0.15, 0.2) is 22.6 Å². The summed E-state index contributed by atoms with van der Waals surface area (Å²) in [6, 6.07) is 3.69. The minimum Gasteiger partial charge on any atom is -0.462 e. The van der Waals surface area contributed by atoms with Gasteiger partial charge in [0.15, 0.2) is 0 Å². The van der Waals surface area contributed by atoms with Crippen molar-refractivity contribution in [3.05, 3.63) is 38.4 Å². The van der Waals surface area contributed by atoms with Crippen molar-refractivity contribution in [1.82, 2.24) is 5.43 Å². The van der Waals surface area contributed by atoms with E-state index in [0.29, 0.717) is 16.5 Å².